The number of halogens is 1. The number of rotatable bonds is 5. The molecule has 1 aliphatic rings. The Kier molecular flexibility index (Phi) is 6.89. The Morgan fingerprint density at radius 2 is 1.85 bits per heavy atom. The summed E-state index contributed by atoms with van der Waals surface area (Å²) in [5, 5.41) is 0. The van der Waals surface area contributed by atoms with Gasteiger partial charge >= 0.3 is 0 Å². The molecule has 26 heavy (non-hydrogen) atoms. The first-order valence-electron chi connectivity index (χ1n) is 8.58. The van der Waals surface area contributed by atoms with E-state index in [0.717, 1.165) is 16.9 Å². The number of carbonyl (C=O) groups is 1. The summed E-state index contributed by atoms with van der Waals surface area (Å²) in [6, 6.07) is 14.6. The normalized spacial score (nSPS) is 16.3. The third-order valence-electron chi connectivity index (χ3n) is 4.39. The largest absolute Gasteiger partial charge is 0.486 e. The number of para-hydroxylation sites is 2. The predicted octanol–water partition coefficient (Wildman–Crippen LogP) is 3.11. The minimum atomic E-state index is -0.669. The molecule has 1 amide bonds. The Morgan fingerprint density at radius 1 is 1.19 bits per heavy atom. The molecular formula is C20H25ClN2O3. The Morgan fingerprint density at radius 3 is 2.50 bits per heavy atom. The molecule has 0 aliphatic carbocycles. The summed E-state index contributed by atoms with van der Waals surface area (Å²) in [6.07, 6.45) is -0.205. The van der Waals surface area contributed by atoms with Crippen molar-refractivity contribution in [1.82, 2.24) is 4.90 Å². The van der Waals surface area contributed by atoms with Crippen molar-refractivity contribution < 1.29 is 14.3 Å². The molecule has 2 aromatic rings. The maximum atomic E-state index is 12.8. The van der Waals surface area contributed by atoms with Gasteiger partial charge in [0.05, 0.1) is 6.54 Å². The van der Waals surface area contributed by atoms with Crippen molar-refractivity contribution in [1.29, 1.82) is 0 Å². The van der Waals surface area contributed by atoms with E-state index in [1.807, 2.05) is 62.4 Å². The summed E-state index contributed by atoms with van der Waals surface area (Å²) in [6.45, 7) is 5.38. The van der Waals surface area contributed by atoms with Gasteiger partial charge in [0, 0.05) is 6.54 Å². The number of benzene rings is 2. The molecule has 0 fully saturated rings. The fraction of sp³-hybridized carbons (Fsp3) is 0.350. The van der Waals surface area contributed by atoms with Crippen LogP contribution in [-0.4, -0.2) is 36.6 Å². The number of carbonyl (C=O) groups excluding carboxylic acids is 1. The molecule has 2 atom stereocenters. The highest BCUT2D eigenvalue weighted by Gasteiger charge is 2.27. The van der Waals surface area contributed by atoms with E-state index in [1.165, 1.54) is 0 Å². The zero-order chi connectivity index (χ0) is 17.8. The van der Waals surface area contributed by atoms with Gasteiger partial charge in [-0.1, -0.05) is 42.0 Å². The van der Waals surface area contributed by atoms with E-state index in [9.17, 15) is 4.79 Å². The first kappa shape index (κ1) is 20.1. The van der Waals surface area contributed by atoms with Crippen molar-refractivity contribution in [2.45, 2.75) is 26.0 Å². The second-order valence-electron chi connectivity index (χ2n) is 6.26. The molecule has 1 heterocycles. The number of ether oxygens (including phenoxy) is 2. The summed E-state index contributed by atoms with van der Waals surface area (Å²) in [5.74, 6) is 1.35. The molecule has 5 nitrogen and oxygen atoms in total. The zero-order valence-corrected chi connectivity index (χ0v) is 15.9. The molecule has 0 aromatic heterocycles. The van der Waals surface area contributed by atoms with E-state index in [2.05, 4.69) is 0 Å². The lowest BCUT2D eigenvalue weighted by molar-refractivity contribution is -0.134. The van der Waals surface area contributed by atoms with E-state index < -0.39 is 6.04 Å². The number of hydrogen-bond donors (Lipinski definition) is 1. The van der Waals surface area contributed by atoms with Gasteiger partial charge in [-0.25, -0.2) is 0 Å². The molecule has 140 valence electrons. The molecule has 0 spiro atoms. The highest BCUT2D eigenvalue weighted by atomic mass is 35.5. The number of nitrogens with zero attached hydrogens (tertiary/aromatic N) is 1. The smallest absolute Gasteiger partial charge is 0.244 e. The number of aryl methyl sites for hydroxylation is 1. The van der Waals surface area contributed by atoms with Gasteiger partial charge in [-0.3, -0.25) is 4.79 Å². The summed E-state index contributed by atoms with van der Waals surface area (Å²) in [4.78, 5) is 14.5. The van der Waals surface area contributed by atoms with Crippen LogP contribution in [0.15, 0.2) is 48.5 Å². The van der Waals surface area contributed by atoms with Gasteiger partial charge in [0.15, 0.2) is 17.6 Å². The third kappa shape index (κ3) is 4.48. The lowest BCUT2D eigenvalue weighted by Gasteiger charge is -2.32. The van der Waals surface area contributed by atoms with Gasteiger partial charge in [-0.05, 0) is 31.5 Å². The van der Waals surface area contributed by atoms with Crippen molar-refractivity contribution in [3.63, 3.8) is 0 Å². The average molecular weight is 377 g/mol. The molecule has 0 bridgehead atoms. The number of nitrogens with two attached hydrogens (primary N) is 1. The van der Waals surface area contributed by atoms with Crippen LogP contribution in [0.3, 0.4) is 0 Å². The van der Waals surface area contributed by atoms with Crippen molar-refractivity contribution >= 4 is 18.3 Å². The van der Waals surface area contributed by atoms with E-state index >= 15 is 0 Å². The summed E-state index contributed by atoms with van der Waals surface area (Å²) in [7, 11) is 0. The van der Waals surface area contributed by atoms with Crippen LogP contribution in [0.4, 0.5) is 0 Å². The number of fused-ring (bicyclic) bond motifs is 1. The van der Waals surface area contributed by atoms with Gasteiger partial charge < -0.3 is 20.1 Å². The molecule has 2 aromatic carbocycles. The van der Waals surface area contributed by atoms with Crippen LogP contribution >= 0.6 is 12.4 Å². The van der Waals surface area contributed by atoms with Crippen molar-refractivity contribution in [3.05, 3.63) is 59.7 Å². The SMILES string of the molecule is CCN(CC1COc2ccccc2O1)C(=O)C(N)c1ccc(C)cc1.Cl. The predicted molar refractivity (Wildman–Crippen MR) is 104 cm³/mol. The van der Waals surface area contributed by atoms with Crippen LogP contribution in [0.5, 0.6) is 11.5 Å². The summed E-state index contributed by atoms with van der Waals surface area (Å²) in [5.41, 5.74) is 8.14. The third-order valence-corrected chi connectivity index (χ3v) is 4.39. The van der Waals surface area contributed by atoms with Crippen molar-refractivity contribution in [2.75, 3.05) is 19.7 Å². The van der Waals surface area contributed by atoms with Crippen LogP contribution in [-0.2, 0) is 4.79 Å². The maximum absolute atomic E-state index is 12.8. The molecule has 1 aliphatic heterocycles. The van der Waals surface area contributed by atoms with Gasteiger partial charge in [0.25, 0.3) is 0 Å². The maximum Gasteiger partial charge on any atom is 0.244 e. The first-order valence-corrected chi connectivity index (χ1v) is 8.58. The topological polar surface area (TPSA) is 64.8 Å². The van der Waals surface area contributed by atoms with Crippen LogP contribution < -0.4 is 15.2 Å². The second-order valence-corrected chi connectivity index (χ2v) is 6.26. The van der Waals surface area contributed by atoms with E-state index in [0.29, 0.717) is 25.4 Å². The number of hydrogen-bond acceptors (Lipinski definition) is 4. The Labute approximate surface area is 160 Å². The standard InChI is InChI=1S/C20H24N2O3.ClH/c1-3-22(20(23)19(21)15-10-8-14(2)9-11-15)12-16-13-24-17-6-4-5-7-18(17)25-16;/h4-11,16,19H,3,12-13,21H2,1-2H3;1H. The molecule has 6 heteroatoms. The second kappa shape index (κ2) is 8.92. The minimum absolute atomic E-state index is 0. The fourth-order valence-corrected chi connectivity index (χ4v) is 2.89. The molecule has 2 N–H and O–H groups in total. The van der Waals surface area contributed by atoms with Gasteiger partial charge in [0.2, 0.25) is 5.91 Å². The molecule has 2 unspecified atom stereocenters. The summed E-state index contributed by atoms with van der Waals surface area (Å²) < 4.78 is 11.7. The van der Waals surface area contributed by atoms with Crippen LogP contribution in [0.25, 0.3) is 0 Å². The van der Waals surface area contributed by atoms with Gasteiger partial charge in [0.1, 0.15) is 12.6 Å². The molecular weight excluding hydrogens is 352 g/mol. The van der Waals surface area contributed by atoms with Gasteiger partial charge in [-0.15, -0.1) is 12.4 Å². The monoisotopic (exact) mass is 376 g/mol. The lowest BCUT2D eigenvalue weighted by Crippen LogP contribution is -2.46. The lowest BCUT2D eigenvalue weighted by atomic mass is 10.0. The molecule has 3 rings (SSSR count). The Hall–Kier alpha value is -2.24. The van der Waals surface area contributed by atoms with Crippen molar-refractivity contribution in [3.8, 4) is 11.5 Å². The molecule has 0 saturated heterocycles. The van der Waals surface area contributed by atoms with Crippen LogP contribution in [0.2, 0.25) is 0 Å². The van der Waals surface area contributed by atoms with E-state index in [1.54, 1.807) is 4.90 Å². The number of amides is 1. The molecule has 0 radical (unpaired) electrons. The minimum Gasteiger partial charge on any atom is -0.486 e. The van der Waals surface area contributed by atoms with Gasteiger partial charge in [-0.2, -0.15) is 0 Å². The molecule has 0 saturated carbocycles. The van der Waals surface area contributed by atoms with Crippen LogP contribution in [0.1, 0.15) is 24.1 Å². The van der Waals surface area contributed by atoms with Crippen molar-refractivity contribution in [2.24, 2.45) is 5.73 Å². The zero-order valence-electron chi connectivity index (χ0n) is 15.1. The van der Waals surface area contributed by atoms with Crippen LogP contribution in [0, 0.1) is 6.92 Å². The first-order chi connectivity index (χ1) is 12.1. The van der Waals surface area contributed by atoms with E-state index in [4.69, 9.17) is 15.2 Å². The highest BCUT2D eigenvalue weighted by molar-refractivity contribution is 5.85. The Bertz CT molecular complexity index is 736. The summed E-state index contributed by atoms with van der Waals surface area (Å²) >= 11 is 0. The Balaban J connectivity index is 0.00000243. The van der Waals surface area contributed by atoms with E-state index in [-0.39, 0.29) is 24.4 Å². The quantitative estimate of drug-likeness (QED) is 0.870. The average Bonchev–Trinajstić information content (AvgIpc) is 2.65. The highest BCUT2D eigenvalue weighted by Crippen LogP contribution is 2.31. The fourth-order valence-electron chi connectivity index (χ4n) is 2.89. The number of likely N-dealkylation sites (N-methyl/N-ethyl adjacent to an activating group) is 1.